The van der Waals surface area contributed by atoms with Crippen LogP contribution in [0.5, 0.6) is 0 Å². The lowest BCUT2D eigenvalue weighted by atomic mass is 10.1. The third-order valence-electron chi connectivity index (χ3n) is 4.67. The van der Waals surface area contributed by atoms with Crippen LogP contribution in [0.1, 0.15) is 42.3 Å². The van der Waals surface area contributed by atoms with Crippen LogP contribution in [-0.2, 0) is 21.0 Å². The fourth-order valence-electron chi connectivity index (χ4n) is 3.09. The number of rotatable bonds is 7. The molecule has 11 heteroatoms. The van der Waals surface area contributed by atoms with E-state index in [9.17, 15) is 31.2 Å². The second-order valence-corrected chi connectivity index (χ2v) is 8.87. The van der Waals surface area contributed by atoms with E-state index < -0.39 is 39.3 Å². The van der Waals surface area contributed by atoms with Crippen molar-refractivity contribution in [3.8, 4) is 0 Å². The van der Waals surface area contributed by atoms with Crippen LogP contribution in [0.15, 0.2) is 41.3 Å². The molecule has 0 unspecified atom stereocenters. The van der Waals surface area contributed by atoms with Crippen molar-refractivity contribution in [1.29, 1.82) is 0 Å². The van der Waals surface area contributed by atoms with Gasteiger partial charge in [0, 0.05) is 31.3 Å². The van der Waals surface area contributed by atoms with Gasteiger partial charge in [-0.15, -0.1) is 0 Å². The van der Waals surface area contributed by atoms with Crippen LogP contribution in [0.2, 0.25) is 0 Å². The van der Waals surface area contributed by atoms with Crippen molar-refractivity contribution in [2.24, 2.45) is 0 Å². The summed E-state index contributed by atoms with van der Waals surface area (Å²) in [6.45, 7) is 6.53. The van der Waals surface area contributed by atoms with E-state index in [4.69, 9.17) is 0 Å². The quantitative estimate of drug-likeness (QED) is 0.631. The summed E-state index contributed by atoms with van der Waals surface area (Å²) < 4.78 is 67.5. The summed E-state index contributed by atoms with van der Waals surface area (Å²) in [6.07, 6.45) is -4.80. The number of hydrogen-bond acceptors (Lipinski definition) is 4. The van der Waals surface area contributed by atoms with E-state index in [1.807, 2.05) is 0 Å². The molecule has 7 nitrogen and oxygen atoms in total. The highest BCUT2D eigenvalue weighted by molar-refractivity contribution is 7.89. The average Bonchev–Trinajstić information content (AvgIpc) is 2.68. The molecule has 0 atom stereocenters. The zero-order valence-corrected chi connectivity index (χ0v) is 18.8. The van der Waals surface area contributed by atoms with Gasteiger partial charge in [0.05, 0.1) is 16.1 Å². The van der Waals surface area contributed by atoms with E-state index in [0.29, 0.717) is 11.6 Å². The summed E-state index contributed by atoms with van der Waals surface area (Å²) >= 11 is 0. The number of alkyl halides is 3. The molecule has 0 spiro atoms. The molecule has 0 aliphatic heterocycles. The fraction of sp³-hybridized carbons (Fsp3) is 0.333. The van der Waals surface area contributed by atoms with E-state index in [0.717, 1.165) is 19.1 Å². The Kier molecular flexibility index (Phi) is 7.68. The van der Waals surface area contributed by atoms with E-state index in [1.165, 1.54) is 22.5 Å². The normalized spacial score (nSPS) is 12.0. The molecular formula is C21H24F3N3O4S. The topological polar surface area (TPSA) is 95.6 Å². The number of nitrogens with zero attached hydrogens (tertiary/aromatic N) is 1. The molecule has 174 valence electrons. The maximum absolute atomic E-state index is 13.5. The zero-order valence-electron chi connectivity index (χ0n) is 18.0. The number of aryl methyl sites for hydroxylation is 1. The average molecular weight is 472 g/mol. The Labute approximate surface area is 184 Å². The van der Waals surface area contributed by atoms with Gasteiger partial charge in [-0.1, -0.05) is 19.9 Å². The predicted octanol–water partition coefficient (Wildman–Crippen LogP) is 4.26. The third-order valence-corrected chi connectivity index (χ3v) is 6.86. The Bertz CT molecular complexity index is 1130. The van der Waals surface area contributed by atoms with Gasteiger partial charge >= 0.3 is 6.18 Å². The van der Waals surface area contributed by atoms with Crippen molar-refractivity contribution >= 4 is 33.2 Å². The number of hydrogen-bond donors (Lipinski definition) is 2. The van der Waals surface area contributed by atoms with E-state index in [-0.39, 0.29) is 29.2 Å². The highest BCUT2D eigenvalue weighted by Gasteiger charge is 2.34. The van der Waals surface area contributed by atoms with Crippen molar-refractivity contribution in [2.75, 3.05) is 23.7 Å². The smallest absolute Gasteiger partial charge is 0.326 e. The Balaban J connectivity index is 2.45. The molecule has 2 amide bonds. The highest BCUT2D eigenvalue weighted by Crippen LogP contribution is 2.37. The first-order valence-corrected chi connectivity index (χ1v) is 11.2. The maximum atomic E-state index is 13.5. The lowest BCUT2D eigenvalue weighted by Crippen LogP contribution is -2.31. The minimum atomic E-state index is -4.80. The molecule has 32 heavy (non-hydrogen) atoms. The minimum Gasteiger partial charge on any atom is -0.326 e. The van der Waals surface area contributed by atoms with Crippen LogP contribution >= 0.6 is 0 Å². The summed E-state index contributed by atoms with van der Waals surface area (Å²) in [5.41, 5.74) is -1.46. The van der Waals surface area contributed by atoms with Crippen molar-refractivity contribution in [2.45, 2.75) is 38.8 Å². The zero-order chi connectivity index (χ0) is 24.3. The standard InChI is InChI=1S/C21H24F3N3O4S/c1-5-27(6-2)32(30,31)19-11-15(8-7-13(19)3)20(29)26-18-10-9-16(25-14(4)28)12-17(18)21(22,23)24/h7-12H,5-6H2,1-4H3,(H,25,28)(H,26,29). The van der Waals surface area contributed by atoms with Gasteiger partial charge < -0.3 is 10.6 Å². The molecule has 0 saturated carbocycles. The number of anilines is 2. The summed E-state index contributed by atoms with van der Waals surface area (Å²) in [5, 5.41) is 4.45. The summed E-state index contributed by atoms with van der Waals surface area (Å²) in [6, 6.07) is 6.87. The predicted molar refractivity (Wildman–Crippen MR) is 115 cm³/mol. The Morgan fingerprint density at radius 1 is 1.00 bits per heavy atom. The first-order valence-electron chi connectivity index (χ1n) is 9.72. The van der Waals surface area contributed by atoms with Gasteiger partial charge in [0.15, 0.2) is 0 Å². The molecule has 2 rings (SSSR count). The monoisotopic (exact) mass is 471 g/mol. The highest BCUT2D eigenvalue weighted by atomic mass is 32.2. The van der Waals surface area contributed by atoms with Crippen LogP contribution in [0.3, 0.4) is 0 Å². The van der Waals surface area contributed by atoms with Gasteiger partial charge in [0.25, 0.3) is 5.91 Å². The van der Waals surface area contributed by atoms with Crippen LogP contribution in [0.25, 0.3) is 0 Å². The van der Waals surface area contributed by atoms with Gasteiger partial charge in [-0.25, -0.2) is 8.42 Å². The second-order valence-electron chi connectivity index (χ2n) is 6.96. The molecule has 0 saturated heterocycles. The first kappa shape index (κ1) is 25.3. The van der Waals surface area contributed by atoms with Gasteiger partial charge in [-0.2, -0.15) is 17.5 Å². The first-order chi connectivity index (χ1) is 14.8. The number of carbonyl (C=O) groups is 2. The molecule has 2 aromatic rings. The largest absolute Gasteiger partial charge is 0.418 e. The lowest BCUT2D eigenvalue weighted by molar-refractivity contribution is -0.137. The van der Waals surface area contributed by atoms with E-state index >= 15 is 0 Å². The van der Waals surface area contributed by atoms with Crippen molar-refractivity contribution in [1.82, 2.24) is 4.31 Å². The molecule has 0 heterocycles. The Morgan fingerprint density at radius 3 is 2.16 bits per heavy atom. The third kappa shape index (κ3) is 5.65. The molecule has 0 aliphatic carbocycles. The molecule has 2 N–H and O–H groups in total. The molecule has 0 bridgehead atoms. The minimum absolute atomic E-state index is 0.0780. The molecule has 0 radical (unpaired) electrons. The second kappa shape index (κ2) is 9.70. The molecule has 0 aliphatic rings. The lowest BCUT2D eigenvalue weighted by Gasteiger charge is -2.20. The van der Waals surface area contributed by atoms with Crippen LogP contribution in [-0.4, -0.2) is 37.6 Å². The van der Waals surface area contributed by atoms with Gasteiger partial charge in [-0.3, -0.25) is 9.59 Å². The molecular weight excluding hydrogens is 447 g/mol. The molecule has 0 fully saturated rings. The van der Waals surface area contributed by atoms with Crippen LogP contribution in [0, 0.1) is 6.92 Å². The van der Waals surface area contributed by atoms with Gasteiger partial charge in [0.1, 0.15) is 0 Å². The maximum Gasteiger partial charge on any atom is 0.418 e. The van der Waals surface area contributed by atoms with Crippen molar-refractivity contribution in [3.05, 3.63) is 53.1 Å². The number of halogens is 3. The number of nitrogens with one attached hydrogen (secondary N) is 2. The van der Waals surface area contributed by atoms with Crippen molar-refractivity contribution < 1.29 is 31.2 Å². The summed E-state index contributed by atoms with van der Waals surface area (Å²) in [4.78, 5) is 23.7. The summed E-state index contributed by atoms with van der Waals surface area (Å²) in [7, 11) is -3.88. The van der Waals surface area contributed by atoms with Crippen LogP contribution in [0.4, 0.5) is 24.5 Å². The van der Waals surface area contributed by atoms with Crippen LogP contribution < -0.4 is 10.6 Å². The number of amides is 2. The Hall–Kier alpha value is -2.92. The number of carbonyl (C=O) groups excluding carboxylic acids is 2. The number of benzene rings is 2. The fourth-order valence-corrected chi connectivity index (χ4v) is 4.79. The van der Waals surface area contributed by atoms with Crippen molar-refractivity contribution in [3.63, 3.8) is 0 Å². The number of sulfonamides is 1. The summed E-state index contributed by atoms with van der Waals surface area (Å²) in [5.74, 6) is -1.45. The van der Waals surface area contributed by atoms with E-state index in [2.05, 4.69) is 10.6 Å². The Morgan fingerprint density at radius 2 is 1.62 bits per heavy atom. The molecule has 0 aromatic heterocycles. The van der Waals surface area contributed by atoms with Gasteiger partial charge in [-0.05, 0) is 42.8 Å². The molecule has 2 aromatic carbocycles. The SMILES string of the molecule is CCN(CC)S(=O)(=O)c1cc(C(=O)Nc2ccc(NC(C)=O)cc2C(F)(F)F)ccc1C. The van der Waals surface area contributed by atoms with E-state index in [1.54, 1.807) is 20.8 Å². The van der Waals surface area contributed by atoms with Gasteiger partial charge in [0.2, 0.25) is 15.9 Å².